The van der Waals surface area contributed by atoms with Crippen molar-refractivity contribution in [3.8, 4) is 11.3 Å². The summed E-state index contributed by atoms with van der Waals surface area (Å²) in [4.78, 5) is 12.0. The number of nitrogens with one attached hydrogen (secondary N) is 1. The number of hydrogen-bond acceptors (Lipinski definition) is 6. The Morgan fingerprint density at radius 3 is 2.49 bits per heavy atom. The highest BCUT2D eigenvalue weighted by atomic mass is 35.5. The summed E-state index contributed by atoms with van der Waals surface area (Å²) in [6, 6.07) is 10.5. The Morgan fingerprint density at radius 1 is 1.14 bits per heavy atom. The smallest absolute Gasteiger partial charge is 0.383 e. The molecule has 5 nitrogen and oxygen atoms in total. The SMILES string of the molecule is C=C(NCc1cc(Cl)nc(-c2cnc(C(F)(F)F)nc2)c1)C1C2CC(C2)N1Sc1ccc(F)cc1. The van der Waals surface area contributed by atoms with Gasteiger partial charge in [0.25, 0.3) is 0 Å². The van der Waals surface area contributed by atoms with Crippen molar-refractivity contribution in [2.75, 3.05) is 0 Å². The first kappa shape index (κ1) is 24.0. The van der Waals surface area contributed by atoms with Crippen molar-refractivity contribution >= 4 is 23.5 Å². The van der Waals surface area contributed by atoms with Crippen LogP contribution in [0.2, 0.25) is 5.15 Å². The van der Waals surface area contributed by atoms with Gasteiger partial charge in [0.2, 0.25) is 5.82 Å². The number of benzene rings is 1. The first-order valence-corrected chi connectivity index (χ1v) is 12.0. The summed E-state index contributed by atoms with van der Waals surface area (Å²) in [5.41, 5.74) is 2.38. The number of fused-ring (bicyclic) bond motifs is 1. The summed E-state index contributed by atoms with van der Waals surface area (Å²) in [7, 11) is 0. The van der Waals surface area contributed by atoms with E-state index >= 15 is 0 Å². The number of hydrogen-bond donors (Lipinski definition) is 1. The van der Waals surface area contributed by atoms with Gasteiger partial charge in [0.05, 0.1) is 11.7 Å². The summed E-state index contributed by atoms with van der Waals surface area (Å²) < 4.78 is 53.9. The van der Waals surface area contributed by atoms with Gasteiger partial charge in [-0.25, -0.2) is 23.6 Å². The Labute approximate surface area is 208 Å². The van der Waals surface area contributed by atoms with Gasteiger partial charge in [-0.15, -0.1) is 0 Å². The first-order chi connectivity index (χ1) is 16.7. The minimum Gasteiger partial charge on any atom is -0.383 e. The molecule has 3 aliphatic rings. The molecule has 6 rings (SSSR count). The van der Waals surface area contributed by atoms with E-state index in [4.69, 9.17) is 11.6 Å². The van der Waals surface area contributed by atoms with Crippen LogP contribution in [0.4, 0.5) is 17.6 Å². The van der Waals surface area contributed by atoms with Crippen LogP contribution < -0.4 is 5.32 Å². The van der Waals surface area contributed by atoms with E-state index in [1.165, 1.54) is 12.1 Å². The monoisotopic (exact) mass is 521 g/mol. The molecule has 2 saturated heterocycles. The van der Waals surface area contributed by atoms with E-state index in [1.54, 1.807) is 36.2 Å². The number of aromatic nitrogens is 3. The Hall–Kier alpha value is -2.69. The van der Waals surface area contributed by atoms with Crippen LogP contribution in [0.3, 0.4) is 0 Å². The van der Waals surface area contributed by atoms with Crippen LogP contribution >= 0.6 is 23.5 Å². The highest BCUT2D eigenvalue weighted by molar-refractivity contribution is 7.97. The molecule has 2 aliphatic heterocycles. The van der Waals surface area contributed by atoms with E-state index in [0.29, 0.717) is 29.8 Å². The molecule has 182 valence electrons. The van der Waals surface area contributed by atoms with Gasteiger partial charge in [-0.3, -0.25) is 0 Å². The Morgan fingerprint density at radius 2 is 1.83 bits per heavy atom. The largest absolute Gasteiger partial charge is 0.451 e. The van der Waals surface area contributed by atoms with Gasteiger partial charge in [0, 0.05) is 41.1 Å². The third kappa shape index (κ3) is 5.14. The summed E-state index contributed by atoms with van der Waals surface area (Å²) in [5.74, 6) is -0.964. The van der Waals surface area contributed by atoms with Crippen molar-refractivity contribution in [2.24, 2.45) is 5.92 Å². The van der Waals surface area contributed by atoms with Crippen LogP contribution in [-0.4, -0.2) is 31.3 Å². The van der Waals surface area contributed by atoms with Gasteiger partial charge in [0.15, 0.2) is 0 Å². The molecule has 0 radical (unpaired) electrons. The predicted molar refractivity (Wildman–Crippen MR) is 126 cm³/mol. The second kappa shape index (κ2) is 9.40. The van der Waals surface area contributed by atoms with Gasteiger partial charge >= 0.3 is 6.18 Å². The van der Waals surface area contributed by atoms with E-state index in [2.05, 4.69) is 31.2 Å². The zero-order valence-electron chi connectivity index (χ0n) is 18.3. The molecule has 3 fully saturated rings. The lowest BCUT2D eigenvalue weighted by Gasteiger charge is -2.26. The molecule has 1 aliphatic carbocycles. The lowest BCUT2D eigenvalue weighted by atomic mass is 9.82. The molecule has 3 aromatic rings. The topological polar surface area (TPSA) is 53.9 Å². The molecule has 2 aromatic heterocycles. The molecule has 35 heavy (non-hydrogen) atoms. The number of rotatable bonds is 7. The summed E-state index contributed by atoms with van der Waals surface area (Å²) >= 11 is 7.79. The maximum Gasteiger partial charge on any atom is 0.451 e. The minimum absolute atomic E-state index is 0.134. The number of nitrogens with zero attached hydrogens (tertiary/aromatic N) is 4. The third-order valence-corrected chi connectivity index (χ3v) is 7.60. The van der Waals surface area contributed by atoms with E-state index < -0.39 is 12.0 Å². The molecule has 0 amide bonds. The standard InChI is InChI=1S/C24H20ClF4N5S/c1-13(22-15-8-18(9-15)34(22)35-19-4-2-17(26)3-5-19)30-10-14-6-20(33-21(25)7-14)16-11-31-23(32-12-16)24(27,28)29/h2-7,11-12,15,18,22,30H,1,8-10H2. The molecule has 4 heterocycles. The quantitative estimate of drug-likeness (QED) is 0.229. The maximum absolute atomic E-state index is 13.3. The molecule has 1 N–H and O–H groups in total. The molecular weight excluding hydrogens is 502 g/mol. The van der Waals surface area contributed by atoms with Gasteiger partial charge in [-0.05, 0) is 72.7 Å². The second-order valence-corrected chi connectivity index (χ2v) is 10.1. The Balaban J connectivity index is 1.26. The minimum atomic E-state index is -4.61. The molecule has 1 atom stereocenters. The van der Waals surface area contributed by atoms with Crippen LogP contribution in [0.5, 0.6) is 0 Å². The summed E-state index contributed by atoms with van der Waals surface area (Å²) in [6.45, 7) is 4.68. The zero-order valence-corrected chi connectivity index (χ0v) is 19.8. The highest BCUT2D eigenvalue weighted by Gasteiger charge is 2.52. The van der Waals surface area contributed by atoms with Crippen LogP contribution in [0, 0.1) is 11.7 Å². The van der Waals surface area contributed by atoms with Gasteiger partial charge < -0.3 is 5.32 Å². The Kier molecular flexibility index (Phi) is 6.45. The Bertz CT molecular complexity index is 1230. The highest BCUT2D eigenvalue weighted by Crippen LogP contribution is 2.52. The van der Waals surface area contributed by atoms with Crippen molar-refractivity contribution in [1.29, 1.82) is 0 Å². The third-order valence-electron chi connectivity index (χ3n) is 6.19. The lowest BCUT2D eigenvalue weighted by Crippen LogP contribution is -2.31. The fourth-order valence-corrected chi connectivity index (χ4v) is 5.91. The van der Waals surface area contributed by atoms with Crippen LogP contribution in [0.15, 0.2) is 66.0 Å². The summed E-state index contributed by atoms with van der Waals surface area (Å²) in [5, 5.41) is 3.59. The fourth-order valence-electron chi connectivity index (χ4n) is 4.44. The molecular formula is C24H20ClF4N5S. The van der Waals surface area contributed by atoms with Crippen molar-refractivity contribution in [1.82, 2.24) is 24.6 Å². The lowest BCUT2D eigenvalue weighted by molar-refractivity contribution is -0.144. The van der Waals surface area contributed by atoms with Crippen LogP contribution in [-0.2, 0) is 12.7 Å². The molecule has 1 unspecified atom stereocenters. The van der Waals surface area contributed by atoms with Crippen LogP contribution in [0.1, 0.15) is 24.2 Å². The van der Waals surface area contributed by atoms with E-state index in [-0.39, 0.29) is 17.0 Å². The normalized spacial score (nSPS) is 21.6. The number of alkyl halides is 3. The van der Waals surface area contributed by atoms with E-state index in [0.717, 1.165) is 41.4 Å². The maximum atomic E-state index is 13.3. The fraction of sp³-hybridized carbons (Fsp3) is 0.292. The van der Waals surface area contributed by atoms with Gasteiger partial charge in [-0.2, -0.15) is 13.2 Å². The molecule has 0 spiro atoms. The molecule has 11 heteroatoms. The second-order valence-electron chi connectivity index (χ2n) is 8.59. The predicted octanol–water partition coefficient (Wildman–Crippen LogP) is 6.12. The van der Waals surface area contributed by atoms with Crippen molar-refractivity contribution in [2.45, 2.75) is 42.5 Å². The number of pyridine rings is 1. The average Bonchev–Trinajstić information content (AvgIpc) is 3.32. The van der Waals surface area contributed by atoms with Gasteiger partial charge in [0.1, 0.15) is 11.0 Å². The molecule has 1 aromatic carbocycles. The molecule has 2 bridgehead atoms. The van der Waals surface area contributed by atoms with E-state index in [9.17, 15) is 17.6 Å². The first-order valence-electron chi connectivity index (χ1n) is 10.9. The number of halogens is 5. The van der Waals surface area contributed by atoms with Gasteiger partial charge in [-0.1, -0.05) is 18.2 Å². The van der Waals surface area contributed by atoms with Crippen LogP contribution in [0.25, 0.3) is 11.3 Å². The van der Waals surface area contributed by atoms with Crippen molar-refractivity contribution in [3.05, 3.63) is 83.4 Å². The van der Waals surface area contributed by atoms with Crippen molar-refractivity contribution in [3.63, 3.8) is 0 Å². The average molecular weight is 522 g/mol. The summed E-state index contributed by atoms with van der Waals surface area (Å²) in [6.07, 6.45) is -0.251. The van der Waals surface area contributed by atoms with Crippen molar-refractivity contribution < 1.29 is 17.6 Å². The zero-order chi connectivity index (χ0) is 24.7. The van der Waals surface area contributed by atoms with E-state index in [1.807, 2.05) is 0 Å². The molecule has 1 saturated carbocycles.